The van der Waals surface area contributed by atoms with Crippen LogP contribution in [0.3, 0.4) is 0 Å². The number of carbonyl (C=O) groups excluding carboxylic acids is 2. The fourth-order valence-electron chi connectivity index (χ4n) is 3.26. The van der Waals surface area contributed by atoms with E-state index in [0.29, 0.717) is 22.3 Å². The molecule has 0 unspecified atom stereocenters. The van der Waals surface area contributed by atoms with Crippen LogP contribution in [0.5, 0.6) is 0 Å². The zero-order valence-electron chi connectivity index (χ0n) is 15.6. The van der Waals surface area contributed by atoms with Gasteiger partial charge in [0.2, 0.25) is 0 Å². The third-order valence-corrected chi connectivity index (χ3v) is 4.65. The maximum absolute atomic E-state index is 13.0. The highest BCUT2D eigenvalue weighted by Gasteiger charge is 2.15. The molecule has 5 heteroatoms. The molecule has 1 N–H and O–H groups in total. The van der Waals surface area contributed by atoms with Crippen LogP contribution in [0.4, 0.5) is 5.69 Å². The first-order chi connectivity index (χ1) is 13.5. The van der Waals surface area contributed by atoms with E-state index in [4.69, 9.17) is 0 Å². The van der Waals surface area contributed by atoms with Crippen molar-refractivity contribution >= 4 is 39.2 Å². The molecule has 0 bridgehead atoms. The summed E-state index contributed by atoms with van der Waals surface area (Å²) in [6.45, 7) is 0. The number of benzene rings is 3. The summed E-state index contributed by atoms with van der Waals surface area (Å²) in [6, 6.07) is 20.5. The highest BCUT2D eigenvalue weighted by Crippen LogP contribution is 2.27. The first-order valence-corrected chi connectivity index (χ1v) is 8.94. The molecule has 1 aromatic heterocycles. The molecule has 2 amide bonds. The SMILES string of the molecule is CN(C)C(=O)c1ccc(NC(=O)c2cc3ccccc3c3cccnc23)cc1. The van der Waals surface area contributed by atoms with Gasteiger partial charge in [-0.15, -0.1) is 0 Å². The summed E-state index contributed by atoms with van der Waals surface area (Å²) in [6.07, 6.45) is 1.69. The van der Waals surface area contributed by atoms with Crippen LogP contribution in [0, 0.1) is 0 Å². The van der Waals surface area contributed by atoms with Crippen LogP contribution < -0.4 is 5.32 Å². The highest BCUT2D eigenvalue weighted by atomic mass is 16.2. The Morgan fingerprint density at radius 3 is 2.36 bits per heavy atom. The molecule has 4 aromatic rings. The summed E-state index contributed by atoms with van der Waals surface area (Å²) in [4.78, 5) is 30.9. The number of pyridine rings is 1. The normalized spacial score (nSPS) is 10.8. The Morgan fingerprint density at radius 1 is 0.893 bits per heavy atom. The Hall–Kier alpha value is -3.73. The maximum atomic E-state index is 13.0. The molecular formula is C23H19N3O2. The second-order valence-corrected chi connectivity index (χ2v) is 6.78. The Morgan fingerprint density at radius 2 is 1.61 bits per heavy atom. The molecule has 0 fully saturated rings. The number of anilines is 1. The van der Waals surface area contributed by atoms with E-state index in [9.17, 15) is 9.59 Å². The van der Waals surface area contributed by atoms with Crippen molar-refractivity contribution < 1.29 is 9.59 Å². The predicted octanol–water partition coefficient (Wildman–Crippen LogP) is 4.34. The van der Waals surface area contributed by atoms with E-state index in [0.717, 1.165) is 16.2 Å². The van der Waals surface area contributed by atoms with Gasteiger partial charge in [0, 0.05) is 36.9 Å². The van der Waals surface area contributed by atoms with Crippen LogP contribution in [-0.4, -0.2) is 35.8 Å². The van der Waals surface area contributed by atoms with Crippen molar-refractivity contribution in [3.63, 3.8) is 0 Å². The monoisotopic (exact) mass is 369 g/mol. The predicted molar refractivity (Wildman–Crippen MR) is 112 cm³/mol. The summed E-state index contributed by atoms with van der Waals surface area (Å²) in [5.41, 5.74) is 2.37. The molecule has 0 saturated carbocycles. The molecule has 4 rings (SSSR count). The van der Waals surface area contributed by atoms with Crippen molar-refractivity contribution in [1.29, 1.82) is 0 Å². The highest BCUT2D eigenvalue weighted by molar-refractivity contribution is 6.18. The molecule has 0 aliphatic heterocycles. The van der Waals surface area contributed by atoms with Gasteiger partial charge < -0.3 is 10.2 Å². The lowest BCUT2D eigenvalue weighted by atomic mass is 10.0. The second-order valence-electron chi connectivity index (χ2n) is 6.78. The number of nitrogens with zero attached hydrogens (tertiary/aromatic N) is 2. The zero-order chi connectivity index (χ0) is 19.7. The van der Waals surface area contributed by atoms with Gasteiger partial charge in [0.25, 0.3) is 11.8 Å². The molecule has 28 heavy (non-hydrogen) atoms. The number of hydrogen-bond acceptors (Lipinski definition) is 3. The van der Waals surface area contributed by atoms with Gasteiger partial charge in [-0.3, -0.25) is 14.6 Å². The lowest BCUT2D eigenvalue weighted by Crippen LogP contribution is -2.21. The minimum absolute atomic E-state index is 0.0809. The van der Waals surface area contributed by atoms with Gasteiger partial charge in [-0.25, -0.2) is 0 Å². The van der Waals surface area contributed by atoms with E-state index >= 15 is 0 Å². The van der Waals surface area contributed by atoms with E-state index in [1.165, 1.54) is 4.90 Å². The number of carbonyl (C=O) groups is 2. The van der Waals surface area contributed by atoms with Crippen LogP contribution in [0.1, 0.15) is 20.7 Å². The van der Waals surface area contributed by atoms with Crippen molar-refractivity contribution in [2.24, 2.45) is 0 Å². The third-order valence-electron chi connectivity index (χ3n) is 4.65. The average Bonchev–Trinajstić information content (AvgIpc) is 2.73. The van der Waals surface area contributed by atoms with Crippen LogP contribution >= 0.6 is 0 Å². The number of fused-ring (bicyclic) bond motifs is 3. The van der Waals surface area contributed by atoms with Gasteiger partial charge in [0.15, 0.2) is 0 Å². The van der Waals surface area contributed by atoms with Gasteiger partial charge in [-0.05, 0) is 47.2 Å². The average molecular weight is 369 g/mol. The molecule has 138 valence electrons. The van der Waals surface area contributed by atoms with Crippen molar-refractivity contribution in [2.75, 3.05) is 19.4 Å². The molecule has 5 nitrogen and oxygen atoms in total. The number of aromatic nitrogens is 1. The molecule has 0 radical (unpaired) electrons. The lowest BCUT2D eigenvalue weighted by molar-refractivity contribution is 0.0827. The topological polar surface area (TPSA) is 62.3 Å². The summed E-state index contributed by atoms with van der Waals surface area (Å²) < 4.78 is 0. The number of amides is 2. The summed E-state index contributed by atoms with van der Waals surface area (Å²) in [5.74, 6) is -0.316. The lowest BCUT2D eigenvalue weighted by Gasteiger charge is -2.12. The van der Waals surface area contributed by atoms with Crippen LogP contribution in [0.15, 0.2) is 72.9 Å². The summed E-state index contributed by atoms with van der Waals surface area (Å²) >= 11 is 0. The maximum Gasteiger partial charge on any atom is 0.257 e. The Balaban J connectivity index is 1.70. The zero-order valence-corrected chi connectivity index (χ0v) is 15.6. The second kappa shape index (κ2) is 7.12. The third kappa shape index (κ3) is 3.18. The van der Waals surface area contributed by atoms with Gasteiger partial charge in [0.05, 0.1) is 11.1 Å². The van der Waals surface area contributed by atoms with E-state index in [2.05, 4.69) is 10.3 Å². The first-order valence-electron chi connectivity index (χ1n) is 8.94. The molecule has 0 saturated heterocycles. The summed E-state index contributed by atoms with van der Waals surface area (Å²) in [7, 11) is 3.41. The van der Waals surface area contributed by atoms with Gasteiger partial charge in [-0.2, -0.15) is 0 Å². The van der Waals surface area contributed by atoms with Crippen molar-refractivity contribution in [3.8, 4) is 0 Å². The molecule has 0 aliphatic rings. The van der Waals surface area contributed by atoms with E-state index in [-0.39, 0.29) is 11.8 Å². The number of hydrogen-bond donors (Lipinski definition) is 1. The smallest absolute Gasteiger partial charge is 0.257 e. The molecule has 0 aliphatic carbocycles. The fraction of sp³-hybridized carbons (Fsp3) is 0.0870. The molecule has 3 aromatic carbocycles. The number of nitrogens with one attached hydrogen (secondary N) is 1. The first kappa shape index (κ1) is 17.7. The van der Waals surface area contributed by atoms with Crippen LogP contribution in [-0.2, 0) is 0 Å². The van der Waals surface area contributed by atoms with Gasteiger partial charge >= 0.3 is 0 Å². The quantitative estimate of drug-likeness (QED) is 0.546. The minimum atomic E-state index is -0.235. The van der Waals surface area contributed by atoms with Crippen molar-refractivity contribution in [2.45, 2.75) is 0 Å². The standard InChI is InChI=1S/C23H19N3O2/c1-26(2)23(28)15-9-11-17(12-10-15)25-22(27)20-14-16-6-3-4-7-18(16)19-8-5-13-24-21(19)20/h3-14H,1-2H3,(H,25,27). The van der Waals surface area contributed by atoms with Crippen LogP contribution in [0.2, 0.25) is 0 Å². The minimum Gasteiger partial charge on any atom is -0.345 e. The van der Waals surface area contributed by atoms with Crippen molar-refractivity contribution in [3.05, 3.63) is 84.1 Å². The summed E-state index contributed by atoms with van der Waals surface area (Å²) in [5, 5.41) is 5.90. The van der Waals surface area contributed by atoms with Gasteiger partial charge in [-0.1, -0.05) is 30.3 Å². The van der Waals surface area contributed by atoms with E-state index < -0.39 is 0 Å². The van der Waals surface area contributed by atoms with E-state index in [1.54, 1.807) is 44.6 Å². The Kier molecular flexibility index (Phi) is 4.49. The van der Waals surface area contributed by atoms with Gasteiger partial charge in [0.1, 0.15) is 0 Å². The largest absolute Gasteiger partial charge is 0.345 e. The number of rotatable bonds is 3. The van der Waals surface area contributed by atoms with Crippen molar-refractivity contribution in [1.82, 2.24) is 9.88 Å². The fourth-order valence-corrected chi connectivity index (χ4v) is 3.26. The Bertz CT molecular complexity index is 1200. The Labute approximate surface area is 162 Å². The van der Waals surface area contributed by atoms with E-state index in [1.807, 2.05) is 42.5 Å². The molecular weight excluding hydrogens is 350 g/mol. The van der Waals surface area contributed by atoms with Crippen LogP contribution in [0.25, 0.3) is 21.7 Å². The molecule has 0 atom stereocenters. The molecule has 1 heterocycles. The molecule has 0 spiro atoms.